The van der Waals surface area contributed by atoms with Crippen LogP contribution in [0.15, 0.2) is 88.9 Å². The van der Waals surface area contributed by atoms with Crippen LogP contribution in [0.5, 0.6) is 5.75 Å². The minimum Gasteiger partial charge on any atom is -0.488 e. The Bertz CT molecular complexity index is 1030. The molecule has 0 spiro atoms. The van der Waals surface area contributed by atoms with Gasteiger partial charge in [-0.3, -0.25) is 4.79 Å². The minimum absolute atomic E-state index is 0.0220. The van der Waals surface area contributed by atoms with Crippen molar-refractivity contribution in [2.24, 2.45) is 0 Å². The number of carbonyl (C=O) groups excluding carboxylic acids is 1. The van der Waals surface area contributed by atoms with Crippen molar-refractivity contribution in [3.63, 3.8) is 0 Å². The molecule has 3 aromatic rings. The molecule has 138 valence electrons. The molecular formula is C23H17BrN2O2. The van der Waals surface area contributed by atoms with Crippen LogP contribution in [-0.4, -0.2) is 5.91 Å². The molecule has 28 heavy (non-hydrogen) atoms. The molecule has 0 saturated heterocycles. The van der Waals surface area contributed by atoms with Crippen LogP contribution in [-0.2, 0) is 11.4 Å². The van der Waals surface area contributed by atoms with E-state index in [1.807, 2.05) is 66.7 Å². The number of amides is 1. The molecule has 3 aromatic carbocycles. The third-order valence-electron chi connectivity index (χ3n) is 3.90. The summed E-state index contributed by atoms with van der Waals surface area (Å²) >= 11 is 3.49. The lowest BCUT2D eigenvalue weighted by molar-refractivity contribution is -0.112. The van der Waals surface area contributed by atoms with E-state index in [9.17, 15) is 10.1 Å². The van der Waals surface area contributed by atoms with E-state index in [2.05, 4.69) is 21.2 Å². The van der Waals surface area contributed by atoms with Gasteiger partial charge in [-0.1, -0.05) is 54.6 Å². The Morgan fingerprint density at radius 1 is 1.04 bits per heavy atom. The van der Waals surface area contributed by atoms with Crippen LogP contribution in [0.3, 0.4) is 0 Å². The van der Waals surface area contributed by atoms with Gasteiger partial charge in [0.15, 0.2) is 0 Å². The van der Waals surface area contributed by atoms with Crippen LogP contribution in [0.4, 0.5) is 5.69 Å². The molecule has 0 heterocycles. The predicted molar refractivity (Wildman–Crippen MR) is 114 cm³/mol. The molecule has 4 nitrogen and oxygen atoms in total. The van der Waals surface area contributed by atoms with Gasteiger partial charge in [0.25, 0.3) is 5.91 Å². The highest BCUT2D eigenvalue weighted by Gasteiger charge is 2.10. The molecule has 5 heteroatoms. The Kier molecular flexibility index (Phi) is 6.61. The van der Waals surface area contributed by atoms with Crippen molar-refractivity contribution in [1.82, 2.24) is 0 Å². The van der Waals surface area contributed by atoms with E-state index in [1.54, 1.807) is 24.3 Å². The number of anilines is 1. The van der Waals surface area contributed by atoms with Gasteiger partial charge in [-0.15, -0.1) is 0 Å². The Morgan fingerprint density at radius 3 is 2.36 bits per heavy atom. The highest BCUT2D eigenvalue weighted by Crippen LogP contribution is 2.28. The maximum atomic E-state index is 12.3. The molecule has 1 amide bonds. The number of halogens is 1. The van der Waals surface area contributed by atoms with E-state index in [4.69, 9.17) is 4.74 Å². The summed E-state index contributed by atoms with van der Waals surface area (Å²) in [5, 5.41) is 12.1. The first-order valence-electron chi connectivity index (χ1n) is 8.60. The number of nitriles is 1. The molecule has 0 aromatic heterocycles. The number of carbonyl (C=O) groups is 1. The van der Waals surface area contributed by atoms with E-state index in [0.29, 0.717) is 18.0 Å². The first-order valence-corrected chi connectivity index (χ1v) is 9.39. The molecule has 1 N–H and O–H groups in total. The fraction of sp³-hybridized carbons (Fsp3) is 0.0435. The zero-order valence-corrected chi connectivity index (χ0v) is 16.5. The van der Waals surface area contributed by atoms with Gasteiger partial charge in [0.1, 0.15) is 24.0 Å². The number of nitrogens with one attached hydrogen (secondary N) is 1. The van der Waals surface area contributed by atoms with Crippen LogP contribution in [0.1, 0.15) is 11.1 Å². The first-order chi connectivity index (χ1) is 13.7. The van der Waals surface area contributed by atoms with Crippen LogP contribution < -0.4 is 10.1 Å². The lowest BCUT2D eigenvalue weighted by Gasteiger charge is -2.09. The molecule has 0 aliphatic rings. The fourth-order valence-corrected chi connectivity index (χ4v) is 3.01. The van der Waals surface area contributed by atoms with Crippen LogP contribution in [0.2, 0.25) is 0 Å². The Balaban J connectivity index is 1.71. The molecule has 0 bridgehead atoms. The number of nitrogens with zero attached hydrogens (tertiary/aromatic N) is 1. The lowest BCUT2D eigenvalue weighted by Crippen LogP contribution is -2.13. The number of hydrogen-bond acceptors (Lipinski definition) is 3. The predicted octanol–water partition coefficient (Wildman–Crippen LogP) is 5.57. The third-order valence-corrected chi connectivity index (χ3v) is 4.52. The number of para-hydroxylation sites is 1. The summed E-state index contributed by atoms with van der Waals surface area (Å²) in [4.78, 5) is 12.3. The zero-order chi connectivity index (χ0) is 19.8. The van der Waals surface area contributed by atoms with Crippen molar-refractivity contribution in [2.45, 2.75) is 6.61 Å². The Morgan fingerprint density at radius 2 is 1.71 bits per heavy atom. The smallest absolute Gasteiger partial charge is 0.266 e. The van der Waals surface area contributed by atoms with Gasteiger partial charge in [0.05, 0.1) is 4.47 Å². The van der Waals surface area contributed by atoms with Crippen molar-refractivity contribution in [3.05, 3.63) is 100 Å². The highest BCUT2D eigenvalue weighted by atomic mass is 79.9. The number of benzene rings is 3. The van der Waals surface area contributed by atoms with E-state index in [0.717, 1.165) is 15.6 Å². The van der Waals surface area contributed by atoms with Gasteiger partial charge < -0.3 is 10.1 Å². The van der Waals surface area contributed by atoms with Gasteiger partial charge in [0, 0.05) is 5.69 Å². The Labute approximate surface area is 172 Å². The number of rotatable bonds is 6. The van der Waals surface area contributed by atoms with Crippen LogP contribution >= 0.6 is 15.9 Å². The molecule has 3 rings (SSSR count). The van der Waals surface area contributed by atoms with E-state index in [1.165, 1.54) is 0 Å². The summed E-state index contributed by atoms with van der Waals surface area (Å²) in [7, 11) is 0. The second kappa shape index (κ2) is 9.54. The average Bonchev–Trinajstić information content (AvgIpc) is 2.72. The molecule has 0 radical (unpaired) electrons. The second-order valence-corrected chi connectivity index (χ2v) is 6.81. The number of ether oxygens (including phenoxy) is 1. The van der Waals surface area contributed by atoms with Gasteiger partial charge in [-0.05, 0) is 57.4 Å². The van der Waals surface area contributed by atoms with E-state index in [-0.39, 0.29) is 5.57 Å². The summed E-state index contributed by atoms with van der Waals surface area (Å²) in [6.45, 7) is 0.456. The third kappa shape index (κ3) is 5.32. The lowest BCUT2D eigenvalue weighted by atomic mass is 10.1. The summed E-state index contributed by atoms with van der Waals surface area (Å²) in [5.74, 6) is 0.238. The quantitative estimate of drug-likeness (QED) is 0.408. The molecule has 0 saturated carbocycles. The van der Waals surface area contributed by atoms with Crippen molar-refractivity contribution in [1.29, 1.82) is 5.26 Å². The molecule has 0 aliphatic heterocycles. The monoisotopic (exact) mass is 432 g/mol. The first kappa shape index (κ1) is 19.4. The van der Waals surface area contributed by atoms with Crippen molar-refractivity contribution < 1.29 is 9.53 Å². The maximum absolute atomic E-state index is 12.3. The van der Waals surface area contributed by atoms with Crippen LogP contribution in [0.25, 0.3) is 6.08 Å². The van der Waals surface area contributed by atoms with E-state index >= 15 is 0 Å². The van der Waals surface area contributed by atoms with E-state index < -0.39 is 5.91 Å². The normalized spacial score (nSPS) is 10.8. The largest absolute Gasteiger partial charge is 0.488 e. The molecule has 0 atom stereocenters. The Hall–Kier alpha value is -3.36. The van der Waals surface area contributed by atoms with Gasteiger partial charge in [-0.2, -0.15) is 5.26 Å². The van der Waals surface area contributed by atoms with Gasteiger partial charge >= 0.3 is 0 Å². The minimum atomic E-state index is -0.450. The molecule has 0 aliphatic carbocycles. The number of hydrogen-bond donors (Lipinski definition) is 1. The highest BCUT2D eigenvalue weighted by molar-refractivity contribution is 9.10. The van der Waals surface area contributed by atoms with Crippen molar-refractivity contribution in [2.75, 3.05) is 5.32 Å². The van der Waals surface area contributed by atoms with Crippen LogP contribution in [0, 0.1) is 11.3 Å². The topological polar surface area (TPSA) is 62.1 Å². The van der Waals surface area contributed by atoms with Gasteiger partial charge in [-0.25, -0.2) is 0 Å². The standard InChI is InChI=1S/C23H17BrN2O2/c24-21-14-18(11-12-22(21)28-16-17-7-3-1-4-8-17)13-19(15-25)23(27)26-20-9-5-2-6-10-20/h1-14H,16H2,(H,26,27)/b19-13-. The molecule has 0 unspecified atom stereocenters. The zero-order valence-electron chi connectivity index (χ0n) is 14.9. The average molecular weight is 433 g/mol. The molecule has 0 fully saturated rings. The molecular weight excluding hydrogens is 416 g/mol. The second-order valence-electron chi connectivity index (χ2n) is 5.95. The van der Waals surface area contributed by atoms with Gasteiger partial charge in [0.2, 0.25) is 0 Å². The maximum Gasteiger partial charge on any atom is 0.266 e. The summed E-state index contributed by atoms with van der Waals surface area (Å²) < 4.78 is 6.57. The van der Waals surface area contributed by atoms with Crippen molar-refractivity contribution in [3.8, 4) is 11.8 Å². The SMILES string of the molecule is N#C/C(=C/c1ccc(OCc2ccccc2)c(Br)c1)C(=O)Nc1ccccc1. The fourth-order valence-electron chi connectivity index (χ4n) is 2.49. The summed E-state index contributed by atoms with van der Waals surface area (Å²) in [6.07, 6.45) is 1.55. The summed E-state index contributed by atoms with van der Waals surface area (Å²) in [5.41, 5.74) is 2.45. The summed E-state index contributed by atoms with van der Waals surface area (Å²) in [6, 6.07) is 26.3. The van der Waals surface area contributed by atoms with Crippen molar-refractivity contribution >= 4 is 33.6 Å².